The van der Waals surface area contributed by atoms with Gasteiger partial charge in [0.25, 0.3) is 5.56 Å². The molecule has 0 aliphatic heterocycles. The molecule has 0 bridgehead atoms. The van der Waals surface area contributed by atoms with Gasteiger partial charge in [-0.3, -0.25) is 4.79 Å². The van der Waals surface area contributed by atoms with E-state index in [9.17, 15) is 4.79 Å². The largest absolute Gasteiger partial charge is 0.497 e. The van der Waals surface area contributed by atoms with E-state index in [0.717, 1.165) is 12.1 Å². The maximum absolute atomic E-state index is 12.0. The topological polar surface area (TPSA) is 90.9 Å². The van der Waals surface area contributed by atoms with E-state index in [1.54, 1.807) is 13.2 Å². The molecule has 0 saturated carbocycles. The number of nitrogens with one attached hydrogen (secondary N) is 3. The summed E-state index contributed by atoms with van der Waals surface area (Å²) in [5.41, 5.74) is 0.992. The van der Waals surface area contributed by atoms with Crippen molar-refractivity contribution in [3.63, 3.8) is 0 Å². The molecule has 2 aromatic rings. The van der Waals surface area contributed by atoms with Crippen molar-refractivity contribution < 1.29 is 4.74 Å². The summed E-state index contributed by atoms with van der Waals surface area (Å²) in [7, 11) is 1.59. The number of methoxy groups -OCH3 is 1. The van der Waals surface area contributed by atoms with Gasteiger partial charge in [0.2, 0.25) is 0 Å². The van der Waals surface area contributed by atoms with Crippen LogP contribution in [0.25, 0.3) is 0 Å². The third kappa shape index (κ3) is 3.47. The molecule has 1 aromatic heterocycles. The van der Waals surface area contributed by atoms with Crippen molar-refractivity contribution in [2.24, 2.45) is 0 Å². The molecule has 0 aliphatic carbocycles. The number of aromatic amines is 1. The summed E-state index contributed by atoms with van der Waals surface area (Å²) in [4.78, 5) is 18.6. The number of H-pyrrole nitrogens is 1. The third-order valence-electron chi connectivity index (χ3n) is 2.99. The lowest BCUT2D eigenvalue weighted by Crippen LogP contribution is -2.20. The fourth-order valence-corrected chi connectivity index (χ4v) is 1.99. The van der Waals surface area contributed by atoms with Crippen molar-refractivity contribution in [1.82, 2.24) is 9.97 Å². The summed E-state index contributed by atoms with van der Waals surface area (Å²) >= 11 is 0. The first-order valence-corrected chi connectivity index (χ1v) is 6.72. The summed E-state index contributed by atoms with van der Waals surface area (Å²) in [6.45, 7) is 1.97. The SMILES string of the molecule is CCCC(=N)c1c(Nc2cccc(OC)c2)nc[nH]c1=O. The number of rotatable bonds is 6. The fraction of sp³-hybridized carbons (Fsp3) is 0.267. The second-order valence-corrected chi connectivity index (χ2v) is 4.54. The zero-order valence-electron chi connectivity index (χ0n) is 12.1. The number of nitrogens with zero attached hydrogens (tertiary/aromatic N) is 1. The minimum absolute atomic E-state index is 0.275. The molecule has 2 rings (SSSR count). The van der Waals surface area contributed by atoms with Crippen molar-refractivity contribution in [3.05, 3.63) is 46.5 Å². The minimum atomic E-state index is -0.311. The van der Waals surface area contributed by atoms with Gasteiger partial charge in [-0.05, 0) is 18.6 Å². The molecule has 6 heteroatoms. The predicted molar refractivity (Wildman–Crippen MR) is 82.9 cm³/mol. The molecule has 0 aliphatic rings. The van der Waals surface area contributed by atoms with Crippen LogP contribution in [-0.2, 0) is 0 Å². The standard InChI is InChI=1S/C15H18N4O2/c1-3-5-12(16)13-14(17-9-18-15(13)20)19-10-6-4-7-11(8-10)21-2/h4,6-9,16H,3,5H2,1-2H3,(H2,17,18,19,20). The van der Waals surface area contributed by atoms with Gasteiger partial charge in [0.1, 0.15) is 17.1 Å². The Balaban J connectivity index is 2.37. The van der Waals surface area contributed by atoms with Crippen LogP contribution in [-0.4, -0.2) is 22.8 Å². The lowest BCUT2D eigenvalue weighted by molar-refractivity contribution is 0.415. The van der Waals surface area contributed by atoms with Crippen LogP contribution < -0.4 is 15.6 Å². The highest BCUT2D eigenvalue weighted by Gasteiger charge is 2.13. The highest BCUT2D eigenvalue weighted by Crippen LogP contribution is 2.21. The summed E-state index contributed by atoms with van der Waals surface area (Å²) in [5, 5.41) is 11.1. The van der Waals surface area contributed by atoms with E-state index < -0.39 is 0 Å². The van der Waals surface area contributed by atoms with Gasteiger partial charge in [0, 0.05) is 17.5 Å². The Morgan fingerprint density at radius 1 is 1.48 bits per heavy atom. The Morgan fingerprint density at radius 2 is 2.29 bits per heavy atom. The Morgan fingerprint density at radius 3 is 3.00 bits per heavy atom. The number of ether oxygens (including phenoxy) is 1. The molecular formula is C15H18N4O2. The van der Waals surface area contributed by atoms with Gasteiger partial charge >= 0.3 is 0 Å². The molecule has 0 amide bonds. The van der Waals surface area contributed by atoms with Gasteiger partial charge in [-0.25, -0.2) is 4.98 Å². The average Bonchev–Trinajstić information content (AvgIpc) is 2.47. The van der Waals surface area contributed by atoms with E-state index in [1.807, 2.05) is 25.1 Å². The molecule has 1 heterocycles. The zero-order chi connectivity index (χ0) is 15.2. The highest BCUT2D eigenvalue weighted by molar-refractivity contribution is 6.02. The van der Waals surface area contributed by atoms with Gasteiger partial charge in [0.15, 0.2) is 0 Å². The number of anilines is 2. The van der Waals surface area contributed by atoms with Gasteiger partial charge in [-0.1, -0.05) is 19.4 Å². The molecule has 0 radical (unpaired) electrons. The molecular weight excluding hydrogens is 268 g/mol. The van der Waals surface area contributed by atoms with E-state index in [4.69, 9.17) is 10.1 Å². The van der Waals surface area contributed by atoms with Crippen LogP contribution in [0.2, 0.25) is 0 Å². The molecule has 110 valence electrons. The number of hydrogen-bond acceptors (Lipinski definition) is 5. The second kappa shape index (κ2) is 6.69. The predicted octanol–water partition coefficient (Wildman–Crippen LogP) is 2.69. The van der Waals surface area contributed by atoms with E-state index in [-0.39, 0.29) is 16.8 Å². The lowest BCUT2D eigenvalue weighted by atomic mass is 10.1. The van der Waals surface area contributed by atoms with Crippen molar-refractivity contribution in [2.75, 3.05) is 12.4 Å². The Labute approximate surface area is 122 Å². The fourth-order valence-electron chi connectivity index (χ4n) is 1.99. The van der Waals surface area contributed by atoms with E-state index in [1.165, 1.54) is 6.33 Å². The molecule has 3 N–H and O–H groups in total. The molecule has 0 spiro atoms. The first kappa shape index (κ1) is 14.8. The molecule has 0 atom stereocenters. The monoisotopic (exact) mass is 286 g/mol. The van der Waals surface area contributed by atoms with Gasteiger partial charge in [-0.2, -0.15) is 0 Å². The van der Waals surface area contributed by atoms with Crippen molar-refractivity contribution in [2.45, 2.75) is 19.8 Å². The quantitative estimate of drug-likeness (QED) is 0.712. The second-order valence-electron chi connectivity index (χ2n) is 4.54. The molecule has 0 saturated heterocycles. The summed E-state index contributed by atoms with van der Waals surface area (Å²) in [6.07, 6.45) is 2.65. The van der Waals surface area contributed by atoms with E-state index in [0.29, 0.717) is 18.0 Å². The van der Waals surface area contributed by atoms with Crippen LogP contribution in [0.15, 0.2) is 35.4 Å². The van der Waals surface area contributed by atoms with Crippen molar-refractivity contribution in [3.8, 4) is 5.75 Å². The van der Waals surface area contributed by atoms with E-state index >= 15 is 0 Å². The summed E-state index contributed by atoms with van der Waals surface area (Å²) in [6, 6.07) is 7.32. The summed E-state index contributed by atoms with van der Waals surface area (Å²) in [5.74, 6) is 1.08. The zero-order valence-corrected chi connectivity index (χ0v) is 12.1. The van der Waals surface area contributed by atoms with E-state index in [2.05, 4.69) is 15.3 Å². The Hall–Kier alpha value is -2.63. The molecule has 1 aromatic carbocycles. The molecule has 6 nitrogen and oxygen atoms in total. The summed E-state index contributed by atoms with van der Waals surface area (Å²) < 4.78 is 5.16. The van der Waals surface area contributed by atoms with Crippen molar-refractivity contribution in [1.29, 1.82) is 5.41 Å². The van der Waals surface area contributed by atoms with Crippen LogP contribution in [0.1, 0.15) is 25.3 Å². The number of hydrogen-bond donors (Lipinski definition) is 3. The molecule has 0 fully saturated rings. The van der Waals surface area contributed by atoms with Gasteiger partial charge in [0.05, 0.1) is 13.4 Å². The van der Waals surface area contributed by atoms with Crippen molar-refractivity contribution >= 4 is 17.2 Å². The van der Waals surface area contributed by atoms with Gasteiger partial charge < -0.3 is 20.4 Å². The van der Waals surface area contributed by atoms with Crippen LogP contribution in [0.4, 0.5) is 11.5 Å². The Kier molecular flexibility index (Phi) is 4.71. The third-order valence-corrected chi connectivity index (χ3v) is 2.99. The molecule has 21 heavy (non-hydrogen) atoms. The minimum Gasteiger partial charge on any atom is -0.497 e. The maximum atomic E-state index is 12.0. The van der Waals surface area contributed by atoms with Crippen LogP contribution in [0.5, 0.6) is 5.75 Å². The maximum Gasteiger partial charge on any atom is 0.261 e. The number of aromatic nitrogens is 2. The lowest BCUT2D eigenvalue weighted by Gasteiger charge is -2.11. The first-order valence-electron chi connectivity index (χ1n) is 6.72. The van der Waals surface area contributed by atoms with Crippen LogP contribution in [0, 0.1) is 5.41 Å². The van der Waals surface area contributed by atoms with Crippen LogP contribution >= 0.6 is 0 Å². The Bertz CT molecular complexity index is 694. The van der Waals surface area contributed by atoms with Crippen LogP contribution in [0.3, 0.4) is 0 Å². The molecule has 0 unspecified atom stereocenters. The highest BCUT2D eigenvalue weighted by atomic mass is 16.5. The smallest absolute Gasteiger partial charge is 0.261 e. The first-order chi connectivity index (χ1) is 10.2. The van der Waals surface area contributed by atoms with Gasteiger partial charge in [-0.15, -0.1) is 0 Å². The normalized spacial score (nSPS) is 10.2. The average molecular weight is 286 g/mol. The number of benzene rings is 1.